The highest BCUT2D eigenvalue weighted by Crippen LogP contribution is 2.21. The Morgan fingerprint density at radius 2 is 1.89 bits per heavy atom. The molecule has 0 unspecified atom stereocenters. The fraction of sp³-hybridized carbons (Fsp3) is 0.0714. The van der Waals surface area contributed by atoms with Gasteiger partial charge in [0.05, 0.1) is 5.56 Å². The summed E-state index contributed by atoms with van der Waals surface area (Å²) in [4.78, 5) is 0. The third-order valence-corrected chi connectivity index (χ3v) is 3.15. The molecule has 2 aromatic carbocycles. The van der Waals surface area contributed by atoms with E-state index in [-0.39, 0.29) is 0 Å². The van der Waals surface area contributed by atoms with Crippen molar-refractivity contribution in [3.05, 3.63) is 57.2 Å². The van der Waals surface area contributed by atoms with Crippen LogP contribution in [-0.2, 0) is 6.61 Å². The van der Waals surface area contributed by atoms with Crippen molar-refractivity contribution in [1.29, 1.82) is 5.26 Å². The van der Waals surface area contributed by atoms with E-state index < -0.39 is 0 Å². The average Bonchev–Trinajstić information content (AvgIpc) is 2.39. The van der Waals surface area contributed by atoms with Gasteiger partial charge in [0.2, 0.25) is 0 Å². The highest BCUT2D eigenvalue weighted by molar-refractivity contribution is 14.1. The second-order valence-corrected chi connectivity index (χ2v) is 5.03. The number of nitrogens with two attached hydrogens (primary N) is 1. The number of halogens is 1. The third-order valence-electron chi connectivity index (χ3n) is 2.43. The van der Waals surface area contributed by atoms with Gasteiger partial charge in [0.1, 0.15) is 18.4 Å². The lowest BCUT2D eigenvalue weighted by Gasteiger charge is -2.08. The molecule has 0 heterocycles. The smallest absolute Gasteiger partial charge is 0.137 e. The van der Waals surface area contributed by atoms with E-state index in [1.807, 2.05) is 24.3 Å². The Bertz CT molecular complexity index is 588. The predicted octanol–water partition coefficient (Wildman–Crippen LogP) is 3.32. The molecule has 0 aliphatic heterocycles. The number of nitrogen functional groups attached to an aromatic ring is 1. The van der Waals surface area contributed by atoms with E-state index in [2.05, 4.69) is 28.7 Å². The van der Waals surface area contributed by atoms with Crippen LogP contribution >= 0.6 is 22.6 Å². The van der Waals surface area contributed by atoms with Crippen LogP contribution in [0.4, 0.5) is 5.69 Å². The lowest BCUT2D eigenvalue weighted by Crippen LogP contribution is -1.98. The number of nitrogens with zero attached hydrogens (tertiary/aromatic N) is 1. The van der Waals surface area contributed by atoms with Crippen molar-refractivity contribution >= 4 is 28.3 Å². The molecule has 0 bridgehead atoms. The van der Waals surface area contributed by atoms with Crippen molar-refractivity contribution in [2.45, 2.75) is 6.61 Å². The molecule has 0 radical (unpaired) electrons. The maximum atomic E-state index is 8.99. The van der Waals surface area contributed by atoms with Crippen molar-refractivity contribution < 1.29 is 4.74 Å². The summed E-state index contributed by atoms with van der Waals surface area (Å²) >= 11 is 2.25. The number of hydrogen-bond acceptors (Lipinski definition) is 3. The number of nitriles is 1. The van der Waals surface area contributed by atoms with E-state index in [9.17, 15) is 0 Å². The standard InChI is InChI=1S/C14H11IN2O/c15-12-3-1-10(2-4-12)9-18-14-6-5-13(17)7-11(14)8-16/h1-7H,9,17H2. The Labute approximate surface area is 119 Å². The molecular formula is C14H11IN2O. The lowest BCUT2D eigenvalue weighted by molar-refractivity contribution is 0.305. The van der Waals surface area contributed by atoms with Crippen molar-refractivity contribution in [1.82, 2.24) is 0 Å². The zero-order chi connectivity index (χ0) is 13.0. The van der Waals surface area contributed by atoms with E-state index in [0.717, 1.165) is 5.56 Å². The molecule has 0 aliphatic carbocycles. The minimum atomic E-state index is 0.440. The normalized spacial score (nSPS) is 9.78. The maximum absolute atomic E-state index is 8.99. The summed E-state index contributed by atoms with van der Waals surface area (Å²) in [7, 11) is 0. The zero-order valence-electron chi connectivity index (χ0n) is 9.56. The van der Waals surface area contributed by atoms with E-state index in [1.165, 1.54) is 3.57 Å². The van der Waals surface area contributed by atoms with E-state index in [0.29, 0.717) is 23.6 Å². The second-order valence-electron chi connectivity index (χ2n) is 3.78. The Balaban J connectivity index is 2.11. The molecule has 0 fully saturated rings. The first-order valence-electron chi connectivity index (χ1n) is 5.36. The molecule has 4 heteroatoms. The SMILES string of the molecule is N#Cc1cc(N)ccc1OCc1ccc(I)cc1. The van der Waals surface area contributed by atoms with Crippen LogP contribution in [0.5, 0.6) is 5.75 Å². The fourth-order valence-electron chi connectivity index (χ4n) is 1.50. The highest BCUT2D eigenvalue weighted by Gasteiger charge is 2.04. The summed E-state index contributed by atoms with van der Waals surface area (Å²) in [6.45, 7) is 0.440. The van der Waals surface area contributed by atoms with Gasteiger partial charge in [-0.25, -0.2) is 0 Å². The molecule has 0 aromatic heterocycles. The molecular weight excluding hydrogens is 339 g/mol. The molecule has 0 atom stereocenters. The fourth-order valence-corrected chi connectivity index (χ4v) is 1.86. The minimum absolute atomic E-state index is 0.440. The third kappa shape index (κ3) is 3.14. The summed E-state index contributed by atoms with van der Waals surface area (Å²) in [6.07, 6.45) is 0. The summed E-state index contributed by atoms with van der Waals surface area (Å²) in [5.41, 5.74) is 7.71. The molecule has 2 aromatic rings. The summed E-state index contributed by atoms with van der Waals surface area (Å²) in [6, 6.07) is 15.2. The van der Waals surface area contributed by atoms with Gasteiger partial charge >= 0.3 is 0 Å². The van der Waals surface area contributed by atoms with Crippen LogP contribution in [0.1, 0.15) is 11.1 Å². The molecule has 2 N–H and O–H groups in total. The van der Waals surface area contributed by atoms with Crippen molar-refractivity contribution in [2.75, 3.05) is 5.73 Å². The zero-order valence-corrected chi connectivity index (χ0v) is 11.7. The molecule has 0 spiro atoms. The Morgan fingerprint density at radius 3 is 2.56 bits per heavy atom. The summed E-state index contributed by atoms with van der Waals surface area (Å²) in [5, 5.41) is 8.99. The van der Waals surface area contributed by atoms with Crippen LogP contribution in [0, 0.1) is 14.9 Å². The first-order valence-corrected chi connectivity index (χ1v) is 6.44. The second kappa shape index (κ2) is 5.74. The molecule has 0 aliphatic rings. The van der Waals surface area contributed by atoms with Crippen LogP contribution < -0.4 is 10.5 Å². The van der Waals surface area contributed by atoms with Gasteiger partial charge in [0.15, 0.2) is 0 Å². The van der Waals surface area contributed by atoms with Crippen molar-refractivity contribution in [3.63, 3.8) is 0 Å². The Hall–Kier alpha value is -1.74. The van der Waals surface area contributed by atoms with Crippen molar-refractivity contribution in [3.8, 4) is 11.8 Å². The number of hydrogen-bond donors (Lipinski definition) is 1. The molecule has 0 saturated carbocycles. The molecule has 0 saturated heterocycles. The lowest BCUT2D eigenvalue weighted by atomic mass is 10.2. The molecule has 18 heavy (non-hydrogen) atoms. The van der Waals surface area contributed by atoms with E-state index in [4.69, 9.17) is 15.7 Å². The summed E-state index contributed by atoms with van der Waals surface area (Å²) in [5.74, 6) is 0.560. The number of rotatable bonds is 3. The molecule has 2 rings (SSSR count). The highest BCUT2D eigenvalue weighted by atomic mass is 127. The van der Waals surface area contributed by atoms with Crippen LogP contribution in [-0.4, -0.2) is 0 Å². The van der Waals surface area contributed by atoms with Crippen LogP contribution in [0.15, 0.2) is 42.5 Å². The Morgan fingerprint density at radius 1 is 1.17 bits per heavy atom. The van der Waals surface area contributed by atoms with Gasteiger partial charge in [-0.2, -0.15) is 5.26 Å². The van der Waals surface area contributed by atoms with Gasteiger partial charge in [-0.1, -0.05) is 12.1 Å². The Kier molecular flexibility index (Phi) is 4.05. The maximum Gasteiger partial charge on any atom is 0.137 e. The average molecular weight is 350 g/mol. The molecule has 3 nitrogen and oxygen atoms in total. The van der Waals surface area contributed by atoms with Gasteiger partial charge in [-0.3, -0.25) is 0 Å². The van der Waals surface area contributed by atoms with Gasteiger partial charge in [0.25, 0.3) is 0 Å². The first-order chi connectivity index (χ1) is 8.69. The van der Waals surface area contributed by atoms with Crippen LogP contribution in [0.25, 0.3) is 0 Å². The van der Waals surface area contributed by atoms with Crippen molar-refractivity contribution in [2.24, 2.45) is 0 Å². The van der Waals surface area contributed by atoms with Gasteiger partial charge in [-0.15, -0.1) is 0 Å². The van der Waals surface area contributed by atoms with E-state index >= 15 is 0 Å². The predicted molar refractivity (Wildman–Crippen MR) is 79.1 cm³/mol. The topological polar surface area (TPSA) is 59.0 Å². The molecule has 90 valence electrons. The van der Waals surface area contributed by atoms with E-state index in [1.54, 1.807) is 18.2 Å². The largest absolute Gasteiger partial charge is 0.488 e. The van der Waals surface area contributed by atoms with Gasteiger partial charge in [0, 0.05) is 9.26 Å². The number of benzene rings is 2. The minimum Gasteiger partial charge on any atom is -0.488 e. The van der Waals surface area contributed by atoms with Gasteiger partial charge in [-0.05, 0) is 58.5 Å². The quantitative estimate of drug-likeness (QED) is 0.682. The summed E-state index contributed by atoms with van der Waals surface area (Å²) < 4.78 is 6.81. The molecule has 0 amide bonds. The monoisotopic (exact) mass is 350 g/mol. The first kappa shape index (κ1) is 12.7. The van der Waals surface area contributed by atoms with Gasteiger partial charge < -0.3 is 10.5 Å². The number of ether oxygens (including phenoxy) is 1. The van der Waals surface area contributed by atoms with Crippen LogP contribution in [0.3, 0.4) is 0 Å². The van der Waals surface area contributed by atoms with Crippen LogP contribution in [0.2, 0.25) is 0 Å². The number of anilines is 1.